The highest BCUT2D eigenvalue weighted by Crippen LogP contribution is 2.33. The summed E-state index contributed by atoms with van der Waals surface area (Å²) in [5, 5.41) is 12.5. The molecule has 2 N–H and O–H groups in total. The van der Waals surface area contributed by atoms with Crippen LogP contribution in [0.3, 0.4) is 0 Å². The van der Waals surface area contributed by atoms with Crippen LogP contribution in [0, 0.1) is 0 Å². The van der Waals surface area contributed by atoms with Crippen LogP contribution in [0.2, 0.25) is 0 Å². The average Bonchev–Trinajstić information content (AvgIpc) is 2.16. The van der Waals surface area contributed by atoms with Gasteiger partial charge in [0.15, 0.2) is 0 Å². The van der Waals surface area contributed by atoms with E-state index in [-0.39, 0.29) is 5.75 Å². The fourth-order valence-electron chi connectivity index (χ4n) is 1.85. The molecule has 0 bridgehead atoms. The van der Waals surface area contributed by atoms with Gasteiger partial charge in [0, 0.05) is 18.5 Å². The third kappa shape index (κ3) is 1.46. The number of hydrogen-bond acceptors (Lipinski definition) is 3. The molecular weight excluding hydrogens is 164 g/mol. The molecule has 13 heavy (non-hydrogen) atoms. The fourth-order valence-corrected chi connectivity index (χ4v) is 1.85. The third-order valence-electron chi connectivity index (χ3n) is 2.59. The normalized spacial score (nSPS) is 20.5. The molecule has 0 spiro atoms. The zero-order valence-corrected chi connectivity index (χ0v) is 7.75. The number of hydrogen-bond donors (Lipinski definition) is 2. The molecule has 1 atom stereocenters. The lowest BCUT2D eigenvalue weighted by molar-refractivity contribution is 0.470. The summed E-state index contributed by atoms with van der Waals surface area (Å²) in [6.45, 7) is 3.16. The van der Waals surface area contributed by atoms with E-state index in [2.05, 4.69) is 17.2 Å². The van der Waals surface area contributed by atoms with E-state index >= 15 is 0 Å². The van der Waals surface area contributed by atoms with Crippen LogP contribution in [-0.4, -0.2) is 16.6 Å². The lowest BCUT2D eigenvalue weighted by Gasteiger charge is -2.24. The first-order chi connectivity index (χ1) is 6.31. The Hall–Kier alpha value is -1.25. The fraction of sp³-hybridized carbons (Fsp3) is 0.500. The number of rotatable bonds is 1. The summed E-state index contributed by atoms with van der Waals surface area (Å²) in [6, 6.07) is 1.75. The van der Waals surface area contributed by atoms with E-state index in [4.69, 9.17) is 0 Å². The molecule has 2 heterocycles. The monoisotopic (exact) mass is 178 g/mol. The molecule has 0 aromatic carbocycles. The van der Waals surface area contributed by atoms with Crippen molar-refractivity contribution >= 4 is 5.69 Å². The maximum absolute atomic E-state index is 9.24. The van der Waals surface area contributed by atoms with Gasteiger partial charge >= 0.3 is 0 Å². The van der Waals surface area contributed by atoms with Gasteiger partial charge in [-0.1, -0.05) is 6.92 Å². The van der Waals surface area contributed by atoms with E-state index in [9.17, 15) is 5.11 Å². The number of fused-ring (bicyclic) bond motifs is 1. The second-order valence-corrected chi connectivity index (χ2v) is 3.45. The van der Waals surface area contributed by atoms with E-state index in [0.29, 0.717) is 5.92 Å². The summed E-state index contributed by atoms with van der Waals surface area (Å²) in [6.07, 6.45) is 3.78. The molecule has 0 aliphatic carbocycles. The van der Waals surface area contributed by atoms with Crippen LogP contribution in [0.4, 0.5) is 5.69 Å². The Morgan fingerprint density at radius 2 is 2.54 bits per heavy atom. The Morgan fingerprint density at radius 3 is 3.31 bits per heavy atom. The summed E-state index contributed by atoms with van der Waals surface area (Å²) in [7, 11) is 0. The van der Waals surface area contributed by atoms with Crippen LogP contribution in [0.5, 0.6) is 5.75 Å². The molecule has 0 saturated carbocycles. The van der Waals surface area contributed by atoms with Crippen LogP contribution in [-0.2, 0) is 0 Å². The van der Waals surface area contributed by atoms with Gasteiger partial charge in [-0.05, 0) is 12.8 Å². The number of nitrogens with zero attached hydrogens (tertiary/aromatic N) is 1. The van der Waals surface area contributed by atoms with Crippen LogP contribution < -0.4 is 5.32 Å². The van der Waals surface area contributed by atoms with Crippen molar-refractivity contribution in [2.24, 2.45) is 0 Å². The number of pyridine rings is 1. The van der Waals surface area contributed by atoms with E-state index in [1.54, 1.807) is 6.07 Å². The summed E-state index contributed by atoms with van der Waals surface area (Å²) < 4.78 is 0. The zero-order chi connectivity index (χ0) is 9.26. The van der Waals surface area contributed by atoms with Gasteiger partial charge in [0.2, 0.25) is 0 Å². The Labute approximate surface area is 77.8 Å². The molecule has 3 nitrogen and oxygen atoms in total. The van der Waals surface area contributed by atoms with Crippen molar-refractivity contribution in [1.82, 2.24) is 4.98 Å². The summed E-state index contributed by atoms with van der Waals surface area (Å²) >= 11 is 0. The number of anilines is 1. The highest BCUT2D eigenvalue weighted by Gasteiger charge is 2.19. The van der Waals surface area contributed by atoms with E-state index in [1.165, 1.54) is 6.20 Å². The van der Waals surface area contributed by atoms with Crippen molar-refractivity contribution in [3.8, 4) is 5.75 Å². The summed E-state index contributed by atoms with van der Waals surface area (Å²) in [5.41, 5.74) is 2.10. The molecule has 1 unspecified atom stereocenters. The van der Waals surface area contributed by atoms with E-state index < -0.39 is 0 Å². The zero-order valence-electron chi connectivity index (χ0n) is 7.75. The Bertz CT molecular complexity index is 312. The first kappa shape index (κ1) is 8.35. The van der Waals surface area contributed by atoms with Gasteiger partial charge in [-0.25, -0.2) is 0 Å². The lowest BCUT2D eigenvalue weighted by Crippen LogP contribution is -2.17. The molecule has 0 saturated heterocycles. The minimum atomic E-state index is 0.239. The van der Waals surface area contributed by atoms with Crippen LogP contribution in [0.15, 0.2) is 12.3 Å². The van der Waals surface area contributed by atoms with Crippen molar-refractivity contribution in [2.75, 3.05) is 11.9 Å². The molecule has 1 aromatic heterocycles. The standard InChI is InChI=1S/C10H14N2O/c1-2-7-3-4-11-9-5-8(13)6-12-10(7)9/h5-7,11,13H,2-4H2,1H3. The highest BCUT2D eigenvalue weighted by atomic mass is 16.3. The third-order valence-corrected chi connectivity index (χ3v) is 2.59. The molecule has 0 radical (unpaired) electrons. The second kappa shape index (κ2) is 3.24. The maximum Gasteiger partial charge on any atom is 0.135 e. The minimum Gasteiger partial charge on any atom is -0.506 e. The Balaban J connectivity index is 2.40. The molecule has 1 aromatic rings. The molecule has 1 aliphatic heterocycles. The largest absolute Gasteiger partial charge is 0.506 e. The van der Waals surface area contributed by atoms with Gasteiger partial charge in [-0.3, -0.25) is 4.98 Å². The highest BCUT2D eigenvalue weighted by molar-refractivity contribution is 5.54. The molecular formula is C10H14N2O. The van der Waals surface area contributed by atoms with Gasteiger partial charge in [0.25, 0.3) is 0 Å². The predicted molar refractivity (Wildman–Crippen MR) is 52.0 cm³/mol. The lowest BCUT2D eigenvalue weighted by atomic mass is 9.93. The van der Waals surface area contributed by atoms with E-state index in [0.717, 1.165) is 30.8 Å². The second-order valence-electron chi connectivity index (χ2n) is 3.45. The molecule has 3 heteroatoms. The van der Waals surface area contributed by atoms with E-state index in [1.807, 2.05) is 0 Å². The van der Waals surface area contributed by atoms with Crippen LogP contribution >= 0.6 is 0 Å². The average molecular weight is 178 g/mol. The van der Waals surface area contributed by atoms with Gasteiger partial charge in [0.1, 0.15) is 5.75 Å². The van der Waals surface area contributed by atoms with Gasteiger partial charge in [-0.15, -0.1) is 0 Å². The van der Waals surface area contributed by atoms with Crippen molar-refractivity contribution in [3.05, 3.63) is 18.0 Å². The predicted octanol–water partition coefficient (Wildman–Crippen LogP) is 2.10. The molecule has 2 rings (SSSR count). The van der Waals surface area contributed by atoms with Crippen molar-refractivity contribution in [1.29, 1.82) is 0 Å². The van der Waals surface area contributed by atoms with Crippen molar-refractivity contribution < 1.29 is 5.11 Å². The molecule has 70 valence electrons. The first-order valence-corrected chi connectivity index (χ1v) is 4.74. The van der Waals surface area contributed by atoms with Gasteiger partial charge in [-0.2, -0.15) is 0 Å². The molecule has 0 amide bonds. The van der Waals surface area contributed by atoms with Crippen LogP contribution in [0.1, 0.15) is 31.4 Å². The smallest absolute Gasteiger partial charge is 0.135 e. The maximum atomic E-state index is 9.24. The summed E-state index contributed by atoms with van der Waals surface area (Å²) in [4.78, 5) is 4.26. The topological polar surface area (TPSA) is 45.1 Å². The van der Waals surface area contributed by atoms with Crippen LogP contribution in [0.25, 0.3) is 0 Å². The SMILES string of the molecule is CCC1CCNc2cc(O)cnc21. The number of nitrogens with one attached hydrogen (secondary N) is 1. The first-order valence-electron chi connectivity index (χ1n) is 4.74. The Kier molecular flexibility index (Phi) is 2.08. The molecule has 1 aliphatic rings. The van der Waals surface area contributed by atoms with Crippen molar-refractivity contribution in [3.63, 3.8) is 0 Å². The molecule has 0 fully saturated rings. The minimum absolute atomic E-state index is 0.239. The Morgan fingerprint density at radius 1 is 1.69 bits per heavy atom. The van der Waals surface area contributed by atoms with Gasteiger partial charge < -0.3 is 10.4 Å². The number of aromatic hydroxyl groups is 1. The number of aromatic nitrogens is 1. The van der Waals surface area contributed by atoms with Crippen molar-refractivity contribution in [2.45, 2.75) is 25.7 Å². The quantitative estimate of drug-likeness (QED) is 0.692. The van der Waals surface area contributed by atoms with Gasteiger partial charge in [0.05, 0.1) is 17.6 Å². The summed E-state index contributed by atoms with van der Waals surface area (Å²) in [5.74, 6) is 0.792.